The lowest BCUT2D eigenvalue weighted by molar-refractivity contribution is -0.192. The van der Waals surface area contributed by atoms with Gasteiger partial charge in [-0.05, 0) is 67.9 Å². The number of aromatic nitrogens is 2. The number of hydrogen-bond acceptors (Lipinski definition) is 5. The van der Waals surface area contributed by atoms with Crippen LogP contribution in [0.2, 0.25) is 0 Å². The molecule has 2 bridgehead atoms. The zero-order chi connectivity index (χ0) is 31.4. The molecule has 13 heteroatoms. The Morgan fingerprint density at radius 2 is 1.77 bits per heavy atom. The van der Waals surface area contributed by atoms with E-state index in [0.29, 0.717) is 25.8 Å². The van der Waals surface area contributed by atoms with Crippen LogP contribution in [0.3, 0.4) is 0 Å². The van der Waals surface area contributed by atoms with Crippen molar-refractivity contribution < 1.29 is 42.6 Å². The molecule has 2 atom stereocenters. The maximum atomic E-state index is 13.3. The molecule has 0 saturated carbocycles. The van der Waals surface area contributed by atoms with Gasteiger partial charge in [0.25, 0.3) is 0 Å². The molecule has 0 fully saturated rings. The second-order valence-corrected chi connectivity index (χ2v) is 10.3. The van der Waals surface area contributed by atoms with E-state index < -0.39 is 30.1 Å². The highest BCUT2D eigenvalue weighted by atomic mass is 19.4. The molecule has 232 valence electrons. The van der Waals surface area contributed by atoms with Gasteiger partial charge in [0.1, 0.15) is 6.04 Å². The molecular weight excluding hydrogens is 569 g/mol. The number of carbonyl (C=O) groups excluding carboxylic acids is 2. The molecule has 43 heavy (non-hydrogen) atoms. The van der Waals surface area contributed by atoms with Crippen molar-refractivity contribution in [3.8, 4) is 0 Å². The van der Waals surface area contributed by atoms with Crippen LogP contribution in [0.4, 0.5) is 13.2 Å². The van der Waals surface area contributed by atoms with Crippen molar-refractivity contribution in [2.75, 3.05) is 6.54 Å². The summed E-state index contributed by atoms with van der Waals surface area (Å²) in [6.07, 6.45) is 5.24. The van der Waals surface area contributed by atoms with Crippen molar-refractivity contribution in [1.29, 1.82) is 0 Å². The second-order valence-electron chi connectivity index (χ2n) is 10.3. The Bertz CT molecular complexity index is 1390. The molecule has 4 rings (SSSR count). The Labute approximate surface area is 246 Å². The highest BCUT2D eigenvalue weighted by Gasteiger charge is 2.38. The van der Waals surface area contributed by atoms with Gasteiger partial charge < -0.3 is 25.4 Å². The van der Waals surface area contributed by atoms with E-state index in [1.54, 1.807) is 12.4 Å². The lowest BCUT2D eigenvalue weighted by Gasteiger charge is -2.22. The minimum Gasteiger partial charge on any atom is -0.481 e. The molecule has 3 aromatic rings. The molecule has 1 aliphatic heterocycles. The minimum absolute atomic E-state index is 0.230. The first-order chi connectivity index (χ1) is 20.5. The van der Waals surface area contributed by atoms with Crippen LogP contribution in [-0.2, 0) is 38.6 Å². The van der Waals surface area contributed by atoms with Gasteiger partial charge >= 0.3 is 18.1 Å². The monoisotopic (exact) mass is 604 g/mol. The van der Waals surface area contributed by atoms with Gasteiger partial charge in [-0.1, -0.05) is 18.2 Å². The number of pyridine rings is 1. The van der Waals surface area contributed by atoms with Crippen LogP contribution in [0.15, 0.2) is 55.0 Å². The van der Waals surface area contributed by atoms with Crippen LogP contribution in [-0.4, -0.2) is 62.3 Å². The lowest BCUT2D eigenvalue weighted by Crippen LogP contribution is -2.50. The molecule has 0 spiro atoms. The summed E-state index contributed by atoms with van der Waals surface area (Å²) in [6, 6.07) is 11.2. The Morgan fingerprint density at radius 1 is 1.07 bits per heavy atom. The molecule has 10 nitrogen and oxygen atoms in total. The highest BCUT2D eigenvalue weighted by Crippen LogP contribution is 2.24. The zero-order valence-electron chi connectivity index (χ0n) is 23.5. The maximum Gasteiger partial charge on any atom is 0.490 e. The SMILES string of the molecule is O=C(O)C(F)(F)F.O=C(O)C[C@@H](CCCc1ccncc1)C(=O)N[C@H]1Cc2cn(c3ccccc23)CCCCCNC1=O. The molecule has 0 aliphatic carbocycles. The molecule has 2 aromatic heterocycles. The highest BCUT2D eigenvalue weighted by molar-refractivity contribution is 5.91. The summed E-state index contributed by atoms with van der Waals surface area (Å²) >= 11 is 0. The first-order valence-electron chi connectivity index (χ1n) is 14.0. The Morgan fingerprint density at radius 3 is 2.44 bits per heavy atom. The summed E-state index contributed by atoms with van der Waals surface area (Å²) < 4.78 is 34.0. The Balaban J connectivity index is 0.000000646. The number of carboxylic acids is 2. The summed E-state index contributed by atoms with van der Waals surface area (Å²) in [7, 11) is 0. The third-order valence-electron chi connectivity index (χ3n) is 7.10. The number of aliphatic carboxylic acids is 2. The molecule has 0 saturated heterocycles. The normalized spacial score (nSPS) is 16.4. The fourth-order valence-electron chi connectivity index (χ4n) is 4.95. The van der Waals surface area contributed by atoms with Gasteiger partial charge in [0, 0.05) is 54.9 Å². The first kappa shape index (κ1) is 33.1. The number of fused-ring (bicyclic) bond motifs is 5. The average molecular weight is 605 g/mol. The molecule has 3 heterocycles. The third-order valence-corrected chi connectivity index (χ3v) is 7.10. The molecular formula is C30H35F3N4O6. The van der Waals surface area contributed by atoms with Crippen molar-refractivity contribution in [3.63, 3.8) is 0 Å². The van der Waals surface area contributed by atoms with E-state index >= 15 is 0 Å². The van der Waals surface area contributed by atoms with E-state index in [2.05, 4.69) is 32.4 Å². The van der Waals surface area contributed by atoms with Gasteiger partial charge in [-0.3, -0.25) is 19.4 Å². The van der Waals surface area contributed by atoms with Gasteiger partial charge in [-0.2, -0.15) is 13.2 Å². The molecule has 0 unspecified atom stereocenters. The fraction of sp³-hybridized carbons (Fsp3) is 0.433. The number of amides is 2. The van der Waals surface area contributed by atoms with Gasteiger partial charge in [0.15, 0.2) is 0 Å². The number of carbonyl (C=O) groups is 4. The number of hydrogen-bond donors (Lipinski definition) is 4. The number of carboxylic acid groups (broad SMARTS) is 2. The summed E-state index contributed by atoms with van der Waals surface area (Å²) in [6.45, 7) is 1.46. The molecule has 0 radical (unpaired) electrons. The van der Waals surface area contributed by atoms with Crippen LogP contribution >= 0.6 is 0 Å². The second kappa shape index (κ2) is 15.7. The summed E-state index contributed by atoms with van der Waals surface area (Å²) in [4.78, 5) is 50.8. The van der Waals surface area contributed by atoms with Crippen molar-refractivity contribution >= 4 is 34.7 Å². The summed E-state index contributed by atoms with van der Waals surface area (Å²) in [5.41, 5.74) is 3.21. The average Bonchev–Trinajstić information content (AvgIpc) is 3.30. The predicted octanol–water partition coefficient (Wildman–Crippen LogP) is 4.11. The maximum absolute atomic E-state index is 13.3. The number of nitrogens with zero attached hydrogens (tertiary/aromatic N) is 2. The van der Waals surface area contributed by atoms with Crippen molar-refractivity contribution in [2.24, 2.45) is 5.92 Å². The number of nitrogens with one attached hydrogen (secondary N) is 2. The van der Waals surface area contributed by atoms with E-state index in [-0.39, 0.29) is 18.2 Å². The van der Waals surface area contributed by atoms with Crippen LogP contribution in [0.5, 0.6) is 0 Å². The zero-order valence-corrected chi connectivity index (χ0v) is 23.5. The Kier molecular flexibility index (Phi) is 12.1. The molecule has 4 N–H and O–H groups in total. The molecule has 1 aromatic carbocycles. The van der Waals surface area contributed by atoms with E-state index in [4.69, 9.17) is 9.90 Å². The van der Waals surface area contributed by atoms with E-state index in [9.17, 15) is 32.7 Å². The van der Waals surface area contributed by atoms with E-state index in [1.807, 2.05) is 30.3 Å². The van der Waals surface area contributed by atoms with E-state index in [1.165, 1.54) is 0 Å². The van der Waals surface area contributed by atoms with Crippen LogP contribution in [0.1, 0.15) is 49.7 Å². The smallest absolute Gasteiger partial charge is 0.481 e. The van der Waals surface area contributed by atoms with Crippen LogP contribution in [0.25, 0.3) is 10.9 Å². The summed E-state index contributed by atoms with van der Waals surface area (Å²) in [5, 5.41) is 23.5. The van der Waals surface area contributed by atoms with Gasteiger partial charge in [-0.15, -0.1) is 0 Å². The van der Waals surface area contributed by atoms with Crippen molar-refractivity contribution in [1.82, 2.24) is 20.2 Å². The molecule has 2 amide bonds. The van der Waals surface area contributed by atoms with Crippen molar-refractivity contribution in [3.05, 3.63) is 66.1 Å². The Hall–Kier alpha value is -4.42. The number of halogens is 3. The standard InChI is InChI=1S/C28H34N4O4.C2HF3O2/c33-26(34)18-21(8-6-7-20-11-14-29-15-12-20)27(35)31-24-17-22-19-32(25-10-3-2-9-23(22)25)16-5-1-4-13-30-28(24)36;3-2(4,5)1(6)7/h2-3,9-12,14-15,19,21,24H,1,4-8,13,16-18H2,(H,30,36)(H,31,35)(H,33,34);(H,6,7)/t21-,24+;/m1./s1. The van der Waals surface area contributed by atoms with E-state index in [0.717, 1.165) is 54.3 Å². The number of rotatable bonds is 8. The van der Waals surface area contributed by atoms with Gasteiger partial charge in [-0.25, -0.2) is 4.79 Å². The third kappa shape index (κ3) is 10.4. The van der Waals surface area contributed by atoms with Gasteiger partial charge in [0.05, 0.1) is 6.42 Å². The minimum atomic E-state index is -5.08. The van der Waals surface area contributed by atoms with Gasteiger partial charge in [0.2, 0.25) is 11.8 Å². The number of benzene rings is 1. The predicted molar refractivity (Wildman–Crippen MR) is 151 cm³/mol. The van der Waals surface area contributed by atoms with Crippen molar-refractivity contribution in [2.45, 2.75) is 70.1 Å². The number of aryl methyl sites for hydroxylation is 2. The largest absolute Gasteiger partial charge is 0.490 e. The summed E-state index contributed by atoms with van der Waals surface area (Å²) in [5.74, 6) is -5.10. The quantitative estimate of drug-likeness (QED) is 0.302. The van der Waals surface area contributed by atoms with Crippen LogP contribution in [0, 0.1) is 5.92 Å². The fourth-order valence-corrected chi connectivity index (χ4v) is 4.95. The van der Waals surface area contributed by atoms with Crippen LogP contribution < -0.4 is 10.6 Å². The molecule has 1 aliphatic rings. The topological polar surface area (TPSA) is 151 Å². The number of alkyl halides is 3. The number of para-hydroxylation sites is 1. The first-order valence-corrected chi connectivity index (χ1v) is 14.0. The lowest BCUT2D eigenvalue weighted by atomic mass is 9.95.